The number of fused-ring (bicyclic) bond motifs is 1. The number of aromatic nitrogens is 2. The molecule has 2 aromatic rings. The number of hydrogen-bond acceptors (Lipinski definition) is 3. The van der Waals surface area contributed by atoms with E-state index in [-0.39, 0.29) is 11.9 Å². The summed E-state index contributed by atoms with van der Waals surface area (Å²) in [5.74, 6) is -0.233. The van der Waals surface area contributed by atoms with Gasteiger partial charge in [-0.05, 0) is 23.6 Å². The number of benzene rings is 1. The number of amides is 3. The normalized spacial score (nSPS) is 13.3. The average molecular weight is 313 g/mol. The number of nitrogens with zero attached hydrogens (tertiary/aromatic N) is 2. The Labute approximate surface area is 134 Å². The minimum atomic E-state index is -0.233. The number of carbonyl (C=O) groups is 2. The molecule has 1 aliphatic heterocycles. The molecule has 3 amide bonds. The maximum Gasteiger partial charge on any atom is 0.317 e. The van der Waals surface area contributed by atoms with Crippen LogP contribution in [0.25, 0.3) is 0 Å². The van der Waals surface area contributed by atoms with Crippen molar-refractivity contribution in [3.63, 3.8) is 0 Å². The lowest BCUT2D eigenvalue weighted by molar-refractivity contribution is 0.0948. The van der Waals surface area contributed by atoms with Gasteiger partial charge in [-0.25, -0.2) is 4.79 Å². The van der Waals surface area contributed by atoms with Crippen molar-refractivity contribution in [2.45, 2.75) is 13.0 Å². The summed E-state index contributed by atoms with van der Waals surface area (Å²) in [6, 6.07) is 9.67. The molecule has 3 rings (SSSR count). The number of hydrogen-bond donors (Lipinski definition) is 3. The fourth-order valence-corrected chi connectivity index (χ4v) is 2.60. The van der Waals surface area contributed by atoms with E-state index in [2.05, 4.69) is 33.0 Å². The standard InChI is InChI=1S/C16H19N5O2/c22-15(14-5-7-19-20-14)17-8-9-18-16(23)21-10-6-12-3-1-2-4-13(12)11-21/h1-5,7H,6,8-11H2,(H,17,22)(H,18,23)(H,19,20). The third-order valence-electron chi connectivity index (χ3n) is 3.85. The highest BCUT2D eigenvalue weighted by molar-refractivity contribution is 5.92. The number of urea groups is 1. The van der Waals surface area contributed by atoms with Gasteiger partial charge in [-0.3, -0.25) is 9.89 Å². The van der Waals surface area contributed by atoms with E-state index < -0.39 is 0 Å². The minimum absolute atomic E-state index is 0.102. The lowest BCUT2D eigenvalue weighted by Crippen LogP contribution is -2.45. The van der Waals surface area contributed by atoms with Gasteiger partial charge in [0.05, 0.1) is 0 Å². The van der Waals surface area contributed by atoms with Crippen LogP contribution < -0.4 is 10.6 Å². The SMILES string of the molecule is O=C(NCCNC(=O)N1CCc2ccccc2C1)c1ccn[nH]1. The molecule has 0 saturated heterocycles. The van der Waals surface area contributed by atoms with Crippen LogP contribution in [-0.4, -0.2) is 46.7 Å². The van der Waals surface area contributed by atoms with Crippen LogP contribution in [-0.2, 0) is 13.0 Å². The third-order valence-corrected chi connectivity index (χ3v) is 3.85. The van der Waals surface area contributed by atoms with E-state index in [9.17, 15) is 9.59 Å². The van der Waals surface area contributed by atoms with Gasteiger partial charge in [-0.15, -0.1) is 0 Å². The van der Waals surface area contributed by atoms with E-state index in [1.54, 1.807) is 11.0 Å². The number of nitrogens with one attached hydrogen (secondary N) is 3. The highest BCUT2D eigenvalue weighted by Crippen LogP contribution is 2.18. The molecular weight excluding hydrogens is 294 g/mol. The van der Waals surface area contributed by atoms with Gasteiger partial charge in [0.2, 0.25) is 0 Å². The quantitative estimate of drug-likeness (QED) is 0.733. The summed E-state index contributed by atoms with van der Waals surface area (Å²) >= 11 is 0. The Hall–Kier alpha value is -2.83. The van der Waals surface area contributed by atoms with Gasteiger partial charge in [0.1, 0.15) is 5.69 Å². The van der Waals surface area contributed by atoms with Crippen molar-refractivity contribution in [2.75, 3.05) is 19.6 Å². The Balaban J connectivity index is 1.41. The van der Waals surface area contributed by atoms with Crippen molar-refractivity contribution in [1.82, 2.24) is 25.7 Å². The molecule has 1 aromatic carbocycles. The first-order valence-electron chi connectivity index (χ1n) is 7.61. The Morgan fingerprint density at radius 2 is 1.91 bits per heavy atom. The minimum Gasteiger partial charge on any atom is -0.349 e. The van der Waals surface area contributed by atoms with Crippen LogP contribution in [0, 0.1) is 0 Å². The van der Waals surface area contributed by atoms with Gasteiger partial charge in [-0.1, -0.05) is 24.3 Å². The van der Waals surface area contributed by atoms with E-state index in [1.807, 2.05) is 12.1 Å². The fourth-order valence-electron chi connectivity index (χ4n) is 2.60. The largest absolute Gasteiger partial charge is 0.349 e. The van der Waals surface area contributed by atoms with Crippen LogP contribution in [0.4, 0.5) is 4.79 Å². The Kier molecular flexibility index (Phi) is 4.56. The highest BCUT2D eigenvalue weighted by Gasteiger charge is 2.19. The van der Waals surface area contributed by atoms with Gasteiger partial charge >= 0.3 is 6.03 Å². The first kappa shape index (κ1) is 15.1. The third kappa shape index (κ3) is 3.68. The number of aromatic amines is 1. The average Bonchev–Trinajstić information content (AvgIpc) is 3.12. The second-order valence-corrected chi connectivity index (χ2v) is 5.40. The van der Waals surface area contributed by atoms with Crippen LogP contribution in [0.2, 0.25) is 0 Å². The molecule has 0 bridgehead atoms. The van der Waals surface area contributed by atoms with Crippen LogP contribution in [0.15, 0.2) is 36.5 Å². The summed E-state index contributed by atoms with van der Waals surface area (Å²) in [5.41, 5.74) is 2.91. The molecule has 0 atom stereocenters. The first-order chi connectivity index (χ1) is 11.2. The molecule has 0 saturated carbocycles. The van der Waals surface area contributed by atoms with E-state index >= 15 is 0 Å². The van der Waals surface area contributed by atoms with E-state index in [0.29, 0.717) is 31.9 Å². The molecule has 0 aliphatic carbocycles. The molecule has 2 heterocycles. The molecule has 7 nitrogen and oxygen atoms in total. The summed E-state index contributed by atoms with van der Waals surface area (Å²) < 4.78 is 0. The zero-order valence-corrected chi connectivity index (χ0v) is 12.7. The number of rotatable bonds is 4. The monoisotopic (exact) mass is 313 g/mol. The number of H-pyrrole nitrogens is 1. The second-order valence-electron chi connectivity index (χ2n) is 5.40. The van der Waals surface area contributed by atoms with Crippen molar-refractivity contribution in [1.29, 1.82) is 0 Å². The maximum absolute atomic E-state index is 12.2. The molecule has 7 heteroatoms. The number of carbonyl (C=O) groups excluding carboxylic acids is 2. The molecule has 0 unspecified atom stereocenters. The topological polar surface area (TPSA) is 90.1 Å². The van der Waals surface area contributed by atoms with Gasteiger partial charge in [-0.2, -0.15) is 5.10 Å². The summed E-state index contributed by atoms with van der Waals surface area (Å²) in [6.45, 7) is 2.09. The van der Waals surface area contributed by atoms with Crippen molar-refractivity contribution in [3.8, 4) is 0 Å². The molecule has 0 spiro atoms. The van der Waals surface area contributed by atoms with Crippen molar-refractivity contribution in [2.24, 2.45) is 0 Å². The van der Waals surface area contributed by atoms with Crippen LogP contribution in [0.3, 0.4) is 0 Å². The molecule has 3 N–H and O–H groups in total. The summed E-state index contributed by atoms with van der Waals surface area (Å²) in [4.78, 5) is 25.6. The van der Waals surface area contributed by atoms with Gasteiger partial charge in [0, 0.05) is 32.4 Å². The Morgan fingerprint density at radius 1 is 1.13 bits per heavy atom. The molecule has 23 heavy (non-hydrogen) atoms. The van der Waals surface area contributed by atoms with Gasteiger partial charge in [0.25, 0.3) is 5.91 Å². The van der Waals surface area contributed by atoms with Gasteiger partial charge in [0.15, 0.2) is 0 Å². The van der Waals surface area contributed by atoms with Gasteiger partial charge < -0.3 is 15.5 Å². The van der Waals surface area contributed by atoms with Crippen LogP contribution in [0.1, 0.15) is 21.6 Å². The highest BCUT2D eigenvalue weighted by atomic mass is 16.2. The maximum atomic E-state index is 12.2. The zero-order chi connectivity index (χ0) is 16.1. The van der Waals surface area contributed by atoms with Crippen LogP contribution >= 0.6 is 0 Å². The lowest BCUT2D eigenvalue weighted by atomic mass is 10.0. The zero-order valence-electron chi connectivity index (χ0n) is 12.7. The summed E-state index contributed by atoms with van der Waals surface area (Å²) in [6.07, 6.45) is 2.39. The van der Waals surface area contributed by atoms with E-state index in [4.69, 9.17) is 0 Å². The molecule has 120 valence electrons. The predicted octanol–water partition coefficient (Wildman–Crippen LogP) is 0.907. The predicted molar refractivity (Wildman–Crippen MR) is 84.9 cm³/mol. The lowest BCUT2D eigenvalue weighted by Gasteiger charge is -2.29. The van der Waals surface area contributed by atoms with Crippen LogP contribution in [0.5, 0.6) is 0 Å². The van der Waals surface area contributed by atoms with E-state index in [0.717, 1.165) is 6.42 Å². The summed E-state index contributed by atoms with van der Waals surface area (Å²) in [5, 5.41) is 11.9. The van der Waals surface area contributed by atoms with Crippen molar-refractivity contribution in [3.05, 3.63) is 53.3 Å². The molecule has 0 fully saturated rings. The fraction of sp³-hybridized carbons (Fsp3) is 0.312. The van der Waals surface area contributed by atoms with E-state index in [1.165, 1.54) is 17.3 Å². The Bertz CT molecular complexity index is 684. The van der Waals surface area contributed by atoms with Crippen molar-refractivity contribution < 1.29 is 9.59 Å². The molecular formula is C16H19N5O2. The second kappa shape index (κ2) is 6.95. The smallest absolute Gasteiger partial charge is 0.317 e. The molecule has 0 radical (unpaired) electrons. The first-order valence-corrected chi connectivity index (χ1v) is 7.61. The van der Waals surface area contributed by atoms with Crippen molar-refractivity contribution >= 4 is 11.9 Å². The Morgan fingerprint density at radius 3 is 2.70 bits per heavy atom. The molecule has 1 aliphatic rings. The molecule has 1 aromatic heterocycles. The summed E-state index contributed by atoms with van der Waals surface area (Å²) in [7, 11) is 0.